The molecule has 0 amide bonds. The largest absolute Gasteiger partial charge is 0.477 e. The molecular weight excluding hydrogens is 271 g/mol. The second-order valence-electron chi connectivity index (χ2n) is 3.46. The molecule has 100 valence electrons. The summed E-state index contributed by atoms with van der Waals surface area (Å²) in [5, 5.41) is 7.25. The first kappa shape index (κ1) is 14.6. The highest BCUT2D eigenvalue weighted by Crippen LogP contribution is 2.26. The Bertz CT molecular complexity index is 437. The minimum absolute atomic E-state index is 0.0217. The van der Waals surface area contributed by atoms with Crippen molar-refractivity contribution in [2.45, 2.75) is 19.0 Å². The smallest absolute Gasteiger partial charge is 0.389 e. The number of nitrogens with two attached hydrogens (primary N) is 1. The molecule has 0 aliphatic rings. The van der Waals surface area contributed by atoms with Crippen LogP contribution >= 0.6 is 11.6 Å². The van der Waals surface area contributed by atoms with Crippen molar-refractivity contribution in [3.8, 4) is 5.88 Å². The van der Waals surface area contributed by atoms with E-state index in [9.17, 15) is 13.2 Å². The molecule has 0 saturated carbocycles. The molecule has 4 nitrogen and oxygen atoms in total. The van der Waals surface area contributed by atoms with Gasteiger partial charge in [-0.15, -0.1) is 0 Å². The minimum Gasteiger partial charge on any atom is -0.477 e. The van der Waals surface area contributed by atoms with E-state index in [4.69, 9.17) is 27.5 Å². The molecule has 0 unspecified atom stereocenters. The van der Waals surface area contributed by atoms with E-state index in [0.29, 0.717) is 0 Å². The normalized spacial score (nSPS) is 11.3. The molecule has 0 aromatic carbocycles. The molecule has 1 rings (SSSR count). The Morgan fingerprint density at radius 2 is 2.17 bits per heavy atom. The van der Waals surface area contributed by atoms with Gasteiger partial charge in [0.15, 0.2) is 0 Å². The summed E-state index contributed by atoms with van der Waals surface area (Å²) in [7, 11) is 0. The zero-order chi connectivity index (χ0) is 13.8. The van der Waals surface area contributed by atoms with Crippen LogP contribution in [0.25, 0.3) is 0 Å². The Labute approximate surface area is 106 Å². The molecule has 1 aromatic rings. The van der Waals surface area contributed by atoms with Crippen LogP contribution in [-0.4, -0.2) is 23.6 Å². The number of pyridine rings is 1. The molecule has 0 bridgehead atoms. The number of nitrogens with one attached hydrogen (secondary N) is 1. The molecule has 0 radical (unpaired) electrons. The number of nitrogens with zero attached hydrogens (tertiary/aromatic N) is 1. The third-order valence-electron chi connectivity index (χ3n) is 1.99. The van der Waals surface area contributed by atoms with E-state index >= 15 is 0 Å². The minimum atomic E-state index is -4.21. The van der Waals surface area contributed by atoms with Crippen molar-refractivity contribution in [1.29, 1.82) is 5.41 Å². The van der Waals surface area contributed by atoms with Crippen LogP contribution in [0.4, 0.5) is 13.2 Å². The van der Waals surface area contributed by atoms with E-state index in [1.54, 1.807) is 0 Å². The lowest BCUT2D eigenvalue weighted by Gasteiger charge is -2.10. The molecule has 1 heterocycles. The number of aromatic nitrogens is 1. The molecule has 8 heteroatoms. The van der Waals surface area contributed by atoms with Crippen molar-refractivity contribution in [3.05, 3.63) is 22.8 Å². The lowest BCUT2D eigenvalue weighted by Crippen LogP contribution is -2.13. The summed E-state index contributed by atoms with van der Waals surface area (Å²) in [6, 6.07) is 1.42. The third kappa shape index (κ3) is 4.40. The van der Waals surface area contributed by atoms with Gasteiger partial charge in [0.2, 0.25) is 5.88 Å². The molecule has 1 aromatic heterocycles. The molecule has 3 N–H and O–H groups in total. The number of hydrogen-bond donors (Lipinski definition) is 2. The summed E-state index contributed by atoms with van der Waals surface area (Å²) < 4.78 is 40.7. The molecule has 0 aliphatic carbocycles. The average molecular weight is 282 g/mol. The van der Waals surface area contributed by atoms with Crippen LogP contribution in [0, 0.1) is 5.41 Å². The van der Waals surface area contributed by atoms with E-state index in [-0.39, 0.29) is 35.3 Å². The SMILES string of the molecule is N=C(N)c1ccnc(OCCCC(F)(F)F)c1Cl. The number of ether oxygens (including phenoxy) is 1. The lowest BCUT2D eigenvalue weighted by molar-refractivity contribution is -0.136. The van der Waals surface area contributed by atoms with Gasteiger partial charge >= 0.3 is 6.18 Å². The number of hydrogen-bond acceptors (Lipinski definition) is 3. The fraction of sp³-hybridized carbons (Fsp3) is 0.400. The number of halogens is 4. The Kier molecular flexibility index (Phi) is 4.77. The number of alkyl halides is 3. The maximum atomic E-state index is 11.9. The Morgan fingerprint density at radius 3 is 2.72 bits per heavy atom. The third-order valence-corrected chi connectivity index (χ3v) is 2.36. The van der Waals surface area contributed by atoms with Gasteiger partial charge in [-0.05, 0) is 12.5 Å². The van der Waals surface area contributed by atoms with Gasteiger partial charge in [0.1, 0.15) is 10.9 Å². The van der Waals surface area contributed by atoms with Crippen molar-refractivity contribution in [2.24, 2.45) is 5.73 Å². The summed E-state index contributed by atoms with van der Waals surface area (Å²) in [5.74, 6) is -0.283. The maximum Gasteiger partial charge on any atom is 0.389 e. The molecular formula is C10H11ClF3N3O. The van der Waals surface area contributed by atoms with Crippen molar-refractivity contribution in [3.63, 3.8) is 0 Å². The monoisotopic (exact) mass is 281 g/mol. The number of amidine groups is 1. The van der Waals surface area contributed by atoms with E-state index in [1.165, 1.54) is 12.3 Å². The zero-order valence-corrected chi connectivity index (χ0v) is 9.98. The van der Waals surface area contributed by atoms with E-state index < -0.39 is 12.6 Å². The van der Waals surface area contributed by atoms with E-state index in [0.717, 1.165) is 0 Å². The molecule has 0 saturated heterocycles. The van der Waals surface area contributed by atoms with Crippen molar-refractivity contribution in [1.82, 2.24) is 4.98 Å². The van der Waals surface area contributed by atoms with Gasteiger partial charge in [-0.3, -0.25) is 5.41 Å². The molecule has 0 atom stereocenters. The van der Waals surface area contributed by atoms with Crippen molar-refractivity contribution >= 4 is 17.4 Å². The molecule has 0 spiro atoms. The summed E-state index contributed by atoms with van der Waals surface area (Å²) in [4.78, 5) is 3.77. The van der Waals surface area contributed by atoms with Crippen LogP contribution in [0.1, 0.15) is 18.4 Å². The first-order chi connectivity index (χ1) is 8.31. The predicted molar refractivity (Wildman–Crippen MR) is 61.0 cm³/mol. The maximum absolute atomic E-state index is 11.9. The van der Waals surface area contributed by atoms with Crippen LogP contribution < -0.4 is 10.5 Å². The highest BCUT2D eigenvalue weighted by Gasteiger charge is 2.26. The van der Waals surface area contributed by atoms with Crippen LogP contribution in [-0.2, 0) is 0 Å². The number of nitrogen functional groups attached to an aromatic ring is 1. The van der Waals surface area contributed by atoms with E-state index in [1.807, 2.05) is 0 Å². The van der Waals surface area contributed by atoms with Crippen LogP contribution in [0.15, 0.2) is 12.3 Å². The fourth-order valence-corrected chi connectivity index (χ4v) is 1.44. The quantitative estimate of drug-likeness (QED) is 0.495. The topological polar surface area (TPSA) is 72.0 Å². The summed E-state index contributed by atoms with van der Waals surface area (Å²) in [6.07, 6.45) is -4.01. The molecule has 0 fully saturated rings. The number of rotatable bonds is 5. The zero-order valence-electron chi connectivity index (χ0n) is 9.22. The van der Waals surface area contributed by atoms with Crippen LogP contribution in [0.2, 0.25) is 5.02 Å². The van der Waals surface area contributed by atoms with E-state index in [2.05, 4.69) is 4.98 Å². The van der Waals surface area contributed by atoms with Crippen LogP contribution in [0.5, 0.6) is 5.88 Å². The van der Waals surface area contributed by atoms with Gasteiger partial charge in [-0.25, -0.2) is 4.98 Å². The average Bonchev–Trinajstić information content (AvgIpc) is 2.24. The highest BCUT2D eigenvalue weighted by atomic mass is 35.5. The standard InChI is InChI=1S/C10H11ClF3N3O/c11-7-6(8(15)16)2-4-17-9(7)18-5-1-3-10(12,13)14/h2,4H,1,3,5H2,(H3,15,16). The highest BCUT2D eigenvalue weighted by molar-refractivity contribution is 6.35. The summed E-state index contributed by atoms with van der Waals surface area (Å²) in [6.45, 7) is -0.159. The first-order valence-electron chi connectivity index (χ1n) is 4.99. The van der Waals surface area contributed by atoms with Crippen molar-refractivity contribution < 1.29 is 17.9 Å². The Balaban J connectivity index is 2.58. The second kappa shape index (κ2) is 5.90. The lowest BCUT2D eigenvalue weighted by atomic mass is 10.2. The fourth-order valence-electron chi connectivity index (χ4n) is 1.17. The van der Waals surface area contributed by atoms with Gasteiger partial charge in [0.05, 0.1) is 6.61 Å². The van der Waals surface area contributed by atoms with Gasteiger partial charge in [0.25, 0.3) is 0 Å². The van der Waals surface area contributed by atoms with Gasteiger partial charge in [-0.1, -0.05) is 11.6 Å². The Morgan fingerprint density at radius 1 is 1.50 bits per heavy atom. The predicted octanol–water partition coefficient (Wildman–Crippen LogP) is 2.74. The summed E-state index contributed by atoms with van der Waals surface area (Å²) >= 11 is 5.84. The first-order valence-corrected chi connectivity index (χ1v) is 5.37. The van der Waals surface area contributed by atoms with Gasteiger partial charge in [-0.2, -0.15) is 13.2 Å². The molecule has 18 heavy (non-hydrogen) atoms. The van der Waals surface area contributed by atoms with Gasteiger partial charge < -0.3 is 10.5 Å². The van der Waals surface area contributed by atoms with Gasteiger partial charge in [0, 0.05) is 18.2 Å². The summed E-state index contributed by atoms with van der Waals surface area (Å²) in [5.41, 5.74) is 5.50. The van der Waals surface area contributed by atoms with Crippen LogP contribution in [0.3, 0.4) is 0 Å². The van der Waals surface area contributed by atoms with Crippen molar-refractivity contribution in [2.75, 3.05) is 6.61 Å². The Hall–Kier alpha value is -1.50. The molecule has 0 aliphatic heterocycles. The second-order valence-corrected chi connectivity index (χ2v) is 3.84.